The number of amides is 1. The van der Waals surface area contributed by atoms with Crippen molar-refractivity contribution >= 4 is 5.91 Å². The van der Waals surface area contributed by atoms with E-state index in [-0.39, 0.29) is 17.3 Å². The second-order valence-electron chi connectivity index (χ2n) is 3.24. The Kier molecular flexibility index (Phi) is 1.79. The number of carbonyl (C=O) groups is 1. The lowest BCUT2D eigenvalue weighted by atomic mass is 9.97. The lowest BCUT2D eigenvalue weighted by Gasteiger charge is -2.17. The average molecular weight is 179 g/mol. The van der Waals surface area contributed by atoms with Gasteiger partial charge >= 0.3 is 0 Å². The normalized spacial score (nSPS) is 15.1. The number of nitrogens with one attached hydrogen (secondary N) is 1. The Bertz CT molecular complexity index is 373. The van der Waals surface area contributed by atoms with E-state index in [9.17, 15) is 9.18 Å². The van der Waals surface area contributed by atoms with Gasteiger partial charge in [0.15, 0.2) is 0 Å². The second-order valence-corrected chi connectivity index (χ2v) is 3.24. The molecule has 0 unspecified atom stereocenters. The fraction of sp³-hybridized carbons (Fsp3) is 0.300. The van der Waals surface area contributed by atoms with Gasteiger partial charge in [-0.05, 0) is 24.5 Å². The first kappa shape index (κ1) is 8.23. The second kappa shape index (κ2) is 2.83. The van der Waals surface area contributed by atoms with Crippen LogP contribution in [0.3, 0.4) is 0 Å². The lowest BCUT2D eigenvalue weighted by Crippen LogP contribution is -2.33. The minimum Gasteiger partial charge on any atom is -0.352 e. The molecule has 0 aromatic heterocycles. The Morgan fingerprint density at radius 1 is 1.46 bits per heavy atom. The van der Waals surface area contributed by atoms with Crippen LogP contribution in [0.1, 0.15) is 21.5 Å². The number of halogens is 1. The van der Waals surface area contributed by atoms with E-state index in [1.165, 1.54) is 0 Å². The van der Waals surface area contributed by atoms with Crippen LogP contribution in [-0.2, 0) is 6.42 Å². The van der Waals surface area contributed by atoms with Crippen LogP contribution in [0.15, 0.2) is 12.1 Å². The summed E-state index contributed by atoms with van der Waals surface area (Å²) in [5, 5.41) is 2.63. The molecule has 0 spiro atoms. The average Bonchev–Trinajstić information content (AvgIpc) is 2.12. The standard InChI is InChI=1S/C10H10FNO/c1-6-2-3-7-4-5-12-10(13)8(7)9(6)11/h2-3H,4-5H2,1H3,(H,12,13). The minimum absolute atomic E-state index is 0.228. The topological polar surface area (TPSA) is 29.1 Å². The van der Waals surface area contributed by atoms with Gasteiger partial charge < -0.3 is 5.32 Å². The molecule has 0 radical (unpaired) electrons. The quantitative estimate of drug-likeness (QED) is 0.641. The first-order chi connectivity index (χ1) is 6.20. The Balaban J connectivity index is 2.65. The number of benzene rings is 1. The molecule has 0 atom stereocenters. The van der Waals surface area contributed by atoms with Crippen molar-refractivity contribution in [1.82, 2.24) is 5.32 Å². The van der Waals surface area contributed by atoms with Gasteiger partial charge in [0.05, 0.1) is 5.56 Å². The van der Waals surface area contributed by atoms with Crippen molar-refractivity contribution in [2.75, 3.05) is 6.54 Å². The van der Waals surface area contributed by atoms with E-state index in [4.69, 9.17) is 0 Å². The molecule has 0 fully saturated rings. The molecule has 2 nitrogen and oxygen atoms in total. The summed E-state index contributed by atoms with van der Waals surface area (Å²) in [6, 6.07) is 3.54. The van der Waals surface area contributed by atoms with Crippen LogP contribution in [0.25, 0.3) is 0 Å². The van der Waals surface area contributed by atoms with Crippen molar-refractivity contribution in [3.05, 3.63) is 34.6 Å². The zero-order valence-electron chi connectivity index (χ0n) is 7.36. The number of hydrogen-bond acceptors (Lipinski definition) is 1. The highest BCUT2D eigenvalue weighted by molar-refractivity contribution is 5.97. The van der Waals surface area contributed by atoms with Gasteiger partial charge in [-0.3, -0.25) is 4.79 Å². The first-order valence-corrected chi connectivity index (χ1v) is 4.26. The molecule has 0 aliphatic carbocycles. The summed E-state index contributed by atoms with van der Waals surface area (Å²) < 4.78 is 13.5. The molecule has 0 bridgehead atoms. The summed E-state index contributed by atoms with van der Waals surface area (Å²) >= 11 is 0. The minimum atomic E-state index is -0.380. The van der Waals surface area contributed by atoms with E-state index >= 15 is 0 Å². The van der Waals surface area contributed by atoms with E-state index in [1.807, 2.05) is 6.07 Å². The highest BCUT2D eigenvalue weighted by Gasteiger charge is 2.21. The van der Waals surface area contributed by atoms with Crippen molar-refractivity contribution in [1.29, 1.82) is 0 Å². The largest absolute Gasteiger partial charge is 0.352 e. The third-order valence-corrected chi connectivity index (χ3v) is 2.33. The van der Waals surface area contributed by atoms with Crippen molar-refractivity contribution in [3.8, 4) is 0 Å². The number of rotatable bonds is 0. The first-order valence-electron chi connectivity index (χ1n) is 4.26. The Morgan fingerprint density at radius 2 is 2.23 bits per heavy atom. The molecule has 0 saturated heterocycles. The third-order valence-electron chi connectivity index (χ3n) is 2.33. The Labute approximate surface area is 75.8 Å². The molecule has 1 aromatic rings. The van der Waals surface area contributed by atoms with Crippen LogP contribution in [0.4, 0.5) is 4.39 Å². The molecule has 2 rings (SSSR count). The van der Waals surface area contributed by atoms with Gasteiger partial charge in [0, 0.05) is 6.54 Å². The molecule has 1 N–H and O–H groups in total. The van der Waals surface area contributed by atoms with Gasteiger partial charge in [0.1, 0.15) is 5.82 Å². The molecule has 0 saturated carbocycles. The van der Waals surface area contributed by atoms with Crippen LogP contribution in [0.2, 0.25) is 0 Å². The van der Waals surface area contributed by atoms with E-state index in [2.05, 4.69) is 5.32 Å². The van der Waals surface area contributed by atoms with E-state index < -0.39 is 0 Å². The summed E-state index contributed by atoms with van der Waals surface area (Å²) in [5.74, 6) is -0.669. The maximum atomic E-state index is 13.5. The van der Waals surface area contributed by atoms with Gasteiger partial charge in [0.25, 0.3) is 5.91 Å². The summed E-state index contributed by atoms with van der Waals surface area (Å²) in [4.78, 5) is 11.3. The maximum Gasteiger partial charge on any atom is 0.254 e. The molecular formula is C10H10FNO. The molecule has 1 heterocycles. The number of fused-ring (bicyclic) bond motifs is 1. The highest BCUT2D eigenvalue weighted by Crippen LogP contribution is 2.19. The van der Waals surface area contributed by atoms with Crippen LogP contribution in [0, 0.1) is 12.7 Å². The fourth-order valence-electron chi connectivity index (χ4n) is 1.57. The zero-order valence-corrected chi connectivity index (χ0v) is 7.36. The zero-order chi connectivity index (χ0) is 9.42. The number of aryl methyl sites for hydroxylation is 1. The highest BCUT2D eigenvalue weighted by atomic mass is 19.1. The van der Waals surface area contributed by atoms with Crippen LogP contribution >= 0.6 is 0 Å². The predicted molar refractivity (Wildman–Crippen MR) is 47.2 cm³/mol. The lowest BCUT2D eigenvalue weighted by molar-refractivity contribution is 0.0941. The van der Waals surface area contributed by atoms with Crippen LogP contribution < -0.4 is 5.32 Å². The molecule has 1 amide bonds. The number of carbonyl (C=O) groups excluding carboxylic acids is 1. The summed E-state index contributed by atoms with van der Waals surface area (Å²) in [5.41, 5.74) is 1.56. The van der Waals surface area contributed by atoms with Crippen LogP contribution in [0.5, 0.6) is 0 Å². The monoisotopic (exact) mass is 179 g/mol. The van der Waals surface area contributed by atoms with Crippen molar-refractivity contribution in [2.45, 2.75) is 13.3 Å². The molecule has 68 valence electrons. The van der Waals surface area contributed by atoms with E-state index in [1.54, 1.807) is 13.0 Å². The van der Waals surface area contributed by atoms with Gasteiger partial charge in [-0.15, -0.1) is 0 Å². The van der Waals surface area contributed by atoms with Gasteiger partial charge in [-0.25, -0.2) is 4.39 Å². The van der Waals surface area contributed by atoms with Crippen molar-refractivity contribution < 1.29 is 9.18 Å². The predicted octanol–water partition coefficient (Wildman–Crippen LogP) is 1.42. The van der Waals surface area contributed by atoms with Crippen molar-refractivity contribution in [3.63, 3.8) is 0 Å². The third kappa shape index (κ3) is 1.20. The van der Waals surface area contributed by atoms with Crippen LogP contribution in [-0.4, -0.2) is 12.5 Å². The SMILES string of the molecule is Cc1ccc2c(c1F)C(=O)NCC2. The van der Waals surface area contributed by atoms with Gasteiger partial charge in [-0.1, -0.05) is 12.1 Å². The Hall–Kier alpha value is -1.38. The smallest absolute Gasteiger partial charge is 0.254 e. The molecule has 1 aliphatic rings. The summed E-state index contributed by atoms with van der Waals surface area (Å²) in [6.07, 6.45) is 0.721. The molecule has 13 heavy (non-hydrogen) atoms. The number of hydrogen-bond donors (Lipinski definition) is 1. The van der Waals surface area contributed by atoms with Crippen molar-refractivity contribution in [2.24, 2.45) is 0 Å². The molecule has 3 heteroatoms. The van der Waals surface area contributed by atoms with Gasteiger partial charge in [0.2, 0.25) is 0 Å². The summed E-state index contributed by atoms with van der Waals surface area (Å²) in [6.45, 7) is 2.27. The molecular weight excluding hydrogens is 169 g/mol. The Morgan fingerprint density at radius 3 is 3.00 bits per heavy atom. The summed E-state index contributed by atoms with van der Waals surface area (Å²) in [7, 11) is 0. The molecule has 1 aromatic carbocycles. The maximum absolute atomic E-state index is 13.5. The van der Waals surface area contributed by atoms with E-state index in [0.29, 0.717) is 12.1 Å². The fourth-order valence-corrected chi connectivity index (χ4v) is 1.57. The van der Waals surface area contributed by atoms with E-state index in [0.717, 1.165) is 12.0 Å². The van der Waals surface area contributed by atoms with Gasteiger partial charge in [-0.2, -0.15) is 0 Å². The molecule has 1 aliphatic heterocycles.